The number of nitrogens with zero attached hydrogens (tertiary/aromatic N) is 2. The number of rotatable bonds is 8. The van der Waals surface area contributed by atoms with E-state index in [-0.39, 0.29) is 5.91 Å². The Morgan fingerprint density at radius 2 is 1.92 bits per heavy atom. The topological polar surface area (TPSA) is 37.3 Å². The van der Waals surface area contributed by atoms with Gasteiger partial charge in [0.15, 0.2) is 0 Å². The van der Waals surface area contributed by atoms with E-state index >= 15 is 0 Å². The van der Waals surface area contributed by atoms with Crippen molar-refractivity contribution in [1.82, 2.24) is 14.8 Å². The maximum atomic E-state index is 12.8. The van der Waals surface area contributed by atoms with Crippen LogP contribution < -0.4 is 5.32 Å². The van der Waals surface area contributed by atoms with Crippen molar-refractivity contribution in [1.29, 1.82) is 0 Å². The predicted molar refractivity (Wildman–Crippen MR) is 109 cm³/mol. The zero-order valence-corrected chi connectivity index (χ0v) is 16.6. The molecule has 1 aliphatic heterocycles. The molecule has 1 saturated heterocycles. The van der Waals surface area contributed by atoms with E-state index in [1.165, 1.54) is 48.9 Å². The minimum atomic E-state index is 0.0692. The van der Waals surface area contributed by atoms with Gasteiger partial charge in [0.05, 0.1) is 0 Å². The summed E-state index contributed by atoms with van der Waals surface area (Å²) < 4.78 is 2.16. The van der Waals surface area contributed by atoms with E-state index in [0.29, 0.717) is 0 Å². The van der Waals surface area contributed by atoms with Gasteiger partial charge in [0.2, 0.25) is 0 Å². The van der Waals surface area contributed by atoms with Crippen LogP contribution in [0, 0.1) is 6.92 Å². The zero-order chi connectivity index (χ0) is 18.5. The predicted octanol–water partition coefficient (Wildman–Crippen LogP) is 4.14. The number of benzene rings is 1. The van der Waals surface area contributed by atoms with E-state index in [1.807, 2.05) is 0 Å². The summed E-state index contributed by atoms with van der Waals surface area (Å²) in [6.07, 6.45) is 5.92. The number of carbonyl (C=O) groups is 1. The van der Waals surface area contributed by atoms with Crippen LogP contribution in [0.5, 0.6) is 0 Å². The first-order valence-corrected chi connectivity index (χ1v) is 10.3. The lowest BCUT2D eigenvalue weighted by Gasteiger charge is -2.14. The zero-order valence-electron chi connectivity index (χ0n) is 16.6. The summed E-state index contributed by atoms with van der Waals surface area (Å²) in [4.78, 5) is 15.4. The molecule has 2 heterocycles. The van der Waals surface area contributed by atoms with Crippen molar-refractivity contribution in [2.75, 3.05) is 26.2 Å². The van der Waals surface area contributed by atoms with Crippen LogP contribution in [0.2, 0.25) is 0 Å². The Morgan fingerprint density at radius 1 is 1.15 bits per heavy atom. The van der Waals surface area contributed by atoms with Crippen molar-refractivity contribution in [2.45, 2.75) is 59.4 Å². The van der Waals surface area contributed by atoms with Gasteiger partial charge in [-0.15, -0.1) is 0 Å². The van der Waals surface area contributed by atoms with Crippen molar-refractivity contribution >= 4 is 16.8 Å². The quantitative estimate of drug-likeness (QED) is 0.723. The second kappa shape index (κ2) is 8.72. The number of aromatic nitrogens is 1. The van der Waals surface area contributed by atoms with E-state index in [2.05, 4.69) is 53.8 Å². The van der Waals surface area contributed by atoms with Crippen LogP contribution >= 0.6 is 0 Å². The number of fused-ring (bicyclic) bond motifs is 1. The maximum absolute atomic E-state index is 12.8. The Labute approximate surface area is 157 Å². The molecule has 1 amide bonds. The molecule has 1 aliphatic rings. The van der Waals surface area contributed by atoms with Gasteiger partial charge in [-0.2, -0.15) is 0 Å². The maximum Gasteiger partial charge on any atom is 0.268 e. The highest BCUT2D eigenvalue weighted by atomic mass is 16.1. The van der Waals surface area contributed by atoms with Gasteiger partial charge in [0.1, 0.15) is 5.69 Å². The van der Waals surface area contributed by atoms with Crippen LogP contribution in [-0.4, -0.2) is 41.6 Å². The number of likely N-dealkylation sites (tertiary alicyclic amines) is 1. The van der Waals surface area contributed by atoms with Crippen molar-refractivity contribution in [3.05, 3.63) is 35.0 Å². The Bertz CT molecular complexity index is 756. The van der Waals surface area contributed by atoms with Crippen LogP contribution in [0.1, 0.15) is 61.1 Å². The fourth-order valence-electron chi connectivity index (χ4n) is 4.16. The first-order chi connectivity index (χ1) is 12.7. The van der Waals surface area contributed by atoms with Gasteiger partial charge in [0.25, 0.3) is 5.91 Å². The van der Waals surface area contributed by atoms with Crippen LogP contribution in [0.25, 0.3) is 10.9 Å². The molecular weight excluding hydrogens is 322 g/mol. The molecular formula is C22H33N3O. The van der Waals surface area contributed by atoms with E-state index in [9.17, 15) is 4.79 Å². The van der Waals surface area contributed by atoms with Crippen molar-refractivity contribution < 1.29 is 4.79 Å². The normalized spacial score (nSPS) is 15.0. The van der Waals surface area contributed by atoms with E-state index in [1.54, 1.807) is 0 Å². The van der Waals surface area contributed by atoms with E-state index in [4.69, 9.17) is 0 Å². The summed E-state index contributed by atoms with van der Waals surface area (Å²) in [5.41, 5.74) is 4.42. The summed E-state index contributed by atoms with van der Waals surface area (Å²) in [7, 11) is 0. The molecule has 3 rings (SSSR count). The molecule has 0 radical (unpaired) electrons. The largest absolute Gasteiger partial charge is 0.351 e. The standard InChI is InChI=1S/C22H33N3O/c1-4-18-10-11-20-19(16-18)17(3)21(25(20)5-2)22(26)23-12-6-7-13-24-14-8-9-15-24/h10-11,16H,4-9,12-15H2,1-3H3,(H,23,26). The number of carbonyl (C=O) groups excluding carboxylic acids is 1. The molecule has 1 aromatic heterocycles. The minimum Gasteiger partial charge on any atom is -0.351 e. The highest BCUT2D eigenvalue weighted by Crippen LogP contribution is 2.27. The van der Waals surface area contributed by atoms with Gasteiger partial charge in [-0.3, -0.25) is 4.79 Å². The van der Waals surface area contributed by atoms with Crippen LogP contribution in [0.3, 0.4) is 0 Å². The summed E-state index contributed by atoms with van der Waals surface area (Å²) in [6.45, 7) is 11.6. The Balaban J connectivity index is 1.64. The van der Waals surface area contributed by atoms with E-state index in [0.717, 1.165) is 43.6 Å². The lowest BCUT2D eigenvalue weighted by molar-refractivity contribution is 0.0943. The summed E-state index contributed by atoms with van der Waals surface area (Å²) >= 11 is 0. The SMILES string of the molecule is CCc1ccc2c(c1)c(C)c(C(=O)NCCCCN1CCCC1)n2CC. The third kappa shape index (κ3) is 3.96. The third-order valence-electron chi connectivity index (χ3n) is 5.71. The second-order valence-electron chi connectivity index (χ2n) is 7.43. The summed E-state index contributed by atoms with van der Waals surface area (Å²) in [5, 5.41) is 4.36. The first kappa shape index (κ1) is 19.0. The number of unbranched alkanes of at least 4 members (excludes halogenated alkanes) is 1. The molecule has 4 heteroatoms. The van der Waals surface area contributed by atoms with Gasteiger partial charge in [0, 0.05) is 24.0 Å². The highest BCUT2D eigenvalue weighted by Gasteiger charge is 2.19. The molecule has 142 valence electrons. The average molecular weight is 356 g/mol. The van der Waals surface area contributed by atoms with Crippen LogP contribution in [0.15, 0.2) is 18.2 Å². The molecule has 4 nitrogen and oxygen atoms in total. The van der Waals surface area contributed by atoms with Crippen molar-refractivity contribution in [3.8, 4) is 0 Å². The second-order valence-corrected chi connectivity index (χ2v) is 7.43. The molecule has 0 bridgehead atoms. The molecule has 26 heavy (non-hydrogen) atoms. The number of hydrogen-bond donors (Lipinski definition) is 1. The van der Waals surface area contributed by atoms with Crippen LogP contribution in [-0.2, 0) is 13.0 Å². The summed E-state index contributed by atoms with van der Waals surface area (Å²) in [5.74, 6) is 0.0692. The van der Waals surface area contributed by atoms with Crippen LogP contribution in [0.4, 0.5) is 0 Å². The van der Waals surface area contributed by atoms with Gasteiger partial charge >= 0.3 is 0 Å². The third-order valence-corrected chi connectivity index (χ3v) is 5.71. The molecule has 0 aliphatic carbocycles. The monoisotopic (exact) mass is 355 g/mol. The summed E-state index contributed by atoms with van der Waals surface area (Å²) in [6, 6.07) is 6.58. The molecule has 1 aromatic carbocycles. The molecule has 0 saturated carbocycles. The highest BCUT2D eigenvalue weighted by molar-refractivity contribution is 6.01. The molecule has 0 atom stereocenters. The molecule has 0 spiro atoms. The fraction of sp³-hybridized carbons (Fsp3) is 0.591. The van der Waals surface area contributed by atoms with Gasteiger partial charge in [-0.1, -0.05) is 13.0 Å². The fourth-order valence-corrected chi connectivity index (χ4v) is 4.16. The Morgan fingerprint density at radius 3 is 2.62 bits per heavy atom. The van der Waals surface area contributed by atoms with Gasteiger partial charge < -0.3 is 14.8 Å². The lowest BCUT2D eigenvalue weighted by atomic mass is 10.1. The first-order valence-electron chi connectivity index (χ1n) is 10.3. The van der Waals surface area contributed by atoms with Crippen molar-refractivity contribution in [2.24, 2.45) is 0 Å². The average Bonchev–Trinajstić information content (AvgIpc) is 3.27. The number of aryl methyl sites for hydroxylation is 3. The Kier molecular flexibility index (Phi) is 6.36. The lowest BCUT2D eigenvalue weighted by Crippen LogP contribution is -2.28. The molecule has 1 fully saturated rings. The Hall–Kier alpha value is -1.81. The van der Waals surface area contributed by atoms with Crippen molar-refractivity contribution in [3.63, 3.8) is 0 Å². The molecule has 2 aromatic rings. The van der Waals surface area contributed by atoms with Gasteiger partial charge in [-0.05, 0) is 88.8 Å². The molecule has 1 N–H and O–H groups in total. The minimum absolute atomic E-state index is 0.0692. The number of amides is 1. The van der Waals surface area contributed by atoms with Gasteiger partial charge in [-0.25, -0.2) is 0 Å². The molecule has 0 unspecified atom stereocenters. The van der Waals surface area contributed by atoms with E-state index < -0.39 is 0 Å². The number of hydrogen-bond acceptors (Lipinski definition) is 2. The smallest absolute Gasteiger partial charge is 0.268 e. The number of nitrogens with one attached hydrogen (secondary N) is 1.